The number of benzene rings is 3. The van der Waals surface area contributed by atoms with Crippen molar-refractivity contribution in [3.05, 3.63) is 105 Å². The normalized spacial score (nSPS) is 12.9. The smallest absolute Gasteiger partial charge is 0.404 e. The van der Waals surface area contributed by atoms with E-state index >= 15 is 0 Å². The molecule has 0 saturated heterocycles. The molecule has 1 amide bonds. The molecule has 3 rings (SSSR count). The van der Waals surface area contributed by atoms with Crippen molar-refractivity contribution in [3.63, 3.8) is 0 Å². The van der Waals surface area contributed by atoms with Crippen molar-refractivity contribution in [3.8, 4) is 0 Å². The molecule has 2 atom stereocenters. The summed E-state index contributed by atoms with van der Waals surface area (Å²) in [6.07, 6.45) is -0.191. The number of carbonyl (C=O) groups is 1. The van der Waals surface area contributed by atoms with E-state index in [0.29, 0.717) is 5.02 Å². The van der Waals surface area contributed by atoms with Gasteiger partial charge < -0.3 is 10.4 Å². The molecular formula is C24H23Cl2NO2. The molecule has 3 nitrogen and oxygen atoms in total. The van der Waals surface area contributed by atoms with Gasteiger partial charge in [-0.3, -0.25) is 0 Å². The lowest BCUT2D eigenvalue weighted by Crippen LogP contribution is -2.22. The second-order valence-electron chi connectivity index (χ2n) is 7.13. The van der Waals surface area contributed by atoms with Gasteiger partial charge in [0.1, 0.15) is 0 Å². The Balaban J connectivity index is 1.96. The van der Waals surface area contributed by atoms with E-state index in [0.717, 1.165) is 22.6 Å². The summed E-state index contributed by atoms with van der Waals surface area (Å²) in [6.45, 7) is 2.47. The van der Waals surface area contributed by atoms with Crippen LogP contribution in [0.1, 0.15) is 41.0 Å². The van der Waals surface area contributed by atoms with E-state index in [4.69, 9.17) is 28.3 Å². The van der Waals surface area contributed by atoms with Gasteiger partial charge in [-0.1, -0.05) is 78.7 Å². The van der Waals surface area contributed by atoms with E-state index in [1.807, 2.05) is 42.5 Å². The van der Waals surface area contributed by atoms with Crippen LogP contribution in [0.3, 0.4) is 0 Å². The van der Waals surface area contributed by atoms with Gasteiger partial charge in [-0.2, -0.15) is 0 Å². The van der Waals surface area contributed by atoms with Gasteiger partial charge in [0.05, 0.1) is 0 Å². The van der Waals surface area contributed by atoms with Crippen LogP contribution in [-0.4, -0.2) is 11.2 Å². The van der Waals surface area contributed by atoms with Crippen molar-refractivity contribution in [2.24, 2.45) is 0 Å². The summed E-state index contributed by atoms with van der Waals surface area (Å²) in [4.78, 5) is 11.0. The maximum absolute atomic E-state index is 11.0. The molecular weight excluding hydrogens is 405 g/mol. The molecule has 0 saturated carbocycles. The molecule has 3 aromatic rings. The van der Waals surface area contributed by atoms with Gasteiger partial charge in [0.25, 0.3) is 0 Å². The molecule has 5 heteroatoms. The van der Waals surface area contributed by atoms with Crippen LogP contribution in [0.5, 0.6) is 0 Å². The highest BCUT2D eigenvalue weighted by Crippen LogP contribution is 2.37. The SMILES string of the molecule is CC(c1ccccc1CNC(=O)O)C(Cc1ccc(Cl)cc1)c1ccc(Cl)cc1. The Labute approximate surface area is 181 Å². The molecule has 0 heterocycles. The van der Waals surface area contributed by atoms with Crippen molar-refractivity contribution >= 4 is 29.3 Å². The van der Waals surface area contributed by atoms with E-state index in [1.54, 1.807) is 0 Å². The van der Waals surface area contributed by atoms with E-state index < -0.39 is 6.09 Å². The van der Waals surface area contributed by atoms with Crippen molar-refractivity contribution in [1.29, 1.82) is 0 Å². The zero-order chi connectivity index (χ0) is 20.8. The molecule has 0 radical (unpaired) electrons. The largest absolute Gasteiger partial charge is 0.465 e. The van der Waals surface area contributed by atoms with Crippen LogP contribution < -0.4 is 5.32 Å². The molecule has 0 fully saturated rings. The Morgan fingerprint density at radius 1 is 0.931 bits per heavy atom. The van der Waals surface area contributed by atoms with Crippen molar-refractivity contribution in [2.75, 3.05) is 0 Å². The summed E-state index contributed by atoms with van der Waals surface area (Å²) in [7, 11) is 0. The monoisotopic (exact) mass is 427 g/mol. The van der Waals surface area contributed by atoms with Crippen LogP contribution >= 0.6 is 23.2 Å². The second-order valence-corrected chi connectivity index (χ2v) is 8.01. The van der Waals surface area contributed by atoms with Crippen molar-refractivity contribution in [2.45, 2.75) is 31.7 Å². The van der Waals surface area contributed by atoms with Gasteiger partial charge in [-0.15, -0.1) is 0 Å². The number of hydrogen-bond donors (Lipinski definition) is 2. The average Bonchev–Trinajstić information content (AvgIpc) is 2.72. The molecule has 29 heavy (non-hydrogen) atoms. The van der Waals surface area contributed by atoms with Gasteiger partial charge in [0.15, 0.2) is 0 Å². The summed E-state index contributed by atoms with van der Waals surface area (Å²) in [6, 6.07) is 23.9. The molecule has 0 aromatic heterocycles. The first kappa shape index (κ1) is 21.2. The number of halogens is 2. The summed E-state index contributed by atoms with van der Waals surface area (Å²) in [5.74, 6) is 0.359. The standard InChI is InChI=1S/C24H23Cl2NO2/c1-16(22-5-3-2-4-19(22)15-27-24(28)29)23(18-8-12-21(26)13-9-18)14-17-6-10-20(25)11-7-17/h2-13,16,23,27H,14-15H2,1H3,(H,28,29). The van der Waals surface area contributed by atoms with Crippen LogP contribution in [0.15, 0.2) is 72.8 Å². The van der Waals surface area contributed by atoms with Crippen LogP contribution in [0.4, 0.5) is 4.79 Å². The molecule has 2 unspecified atom stereocenters. The topological polar surface area (TPSA) is 49.3 Å². The highest BCUT2D eigenvalue weighted by molar-refractivity contribution is 6.30. The summed E-state index contributed by atoms with van der Waals surface area (Å²) in [5, 5.41) is 12.9. The fraction of sp³-hybridized carbons (Fsp3) is 0.208. The van der Waals surface area contributed by atoms with E-state index in [1.165, 1.54) is 11.1 Å². The van der Waals surface area contributed by atoms with Crippen LogP contribution in [-0.2, 0) is 13.0 Å². The van der Waals surface area contributed by atoms with Gasteiger partial charge in [0.2, 0.25) is 0 Å². The molecule has 0 aliphatic rings. The Kier molecular flexibility index (Phi) is 7.18. The highest BCUT2D eigenvalue weighted by Gasteiger charge is 2.23. The lowest BCUT2D eigenvalue weighted by atomic mass is 9.77. The maximum Gasteiger partial charge on any atom is 0.404 e. The van der Waals surface area contributed by atoms with E-state index in [-0.39, 0.29) is 18.4 Å². The van der Waals surface area contributed by atoms with Gasteiger partial charge in [-0.25, -0.2) is 4.79 Å². The molecule has 3 aromatic carbocycles. The number of hydrogen-bond acceptors (Lipinski definition) is 1. The zero-order valence-corrected chi connectivity index (χ0v) is 17.6. The van der Waals surface area contributed by atoms with E-state index in [9.17, 15) is 4.79 Å². The predicted octanol–water partition coefficient (Wildman–Crippen LogP) is 6.89. The van der Waals surface area contributed by atoms with E-state index in [2.05, 4.69) is 42.6 Å². The first-order chi connectivity index (χ1) is 13.9. The fourth-order valence-electron chi connectivity index (χ4n) is 3.69. The lowest BCUT2D eigenvalue weighted by Gasteiger charge is -2.27. The molecule has 150 valence electrons. The lowest BCUT2D eigenvalue weighted by molar-refractivity contribution is 0.194. The first-order valence-corrected chi connectivity index (χ1v) is 10.2. The van der Waals surface area contributed by atoms with Crippen LogP contribution in [0, 0.1) is 0 Å². The molecule has 2 N–H and O–H groups in total. The number of rotatable bonds is 7. The van der Waals surface area contributed by atoms with Gasteiger partial charge in [-0.05, 0) is 64.8 Å². The third-order valence-electron chi connectivity index (χ3n) is 5.25. The Morgan fingerprint density at radius 3 is 2.14 bits per heavy atom. The Bertz CT molecular complexity index is 955. The zero-order valence-electron chi connectivity index (χ0n) is 16.1. The van der Waals surface area contributed by atoms with Gasteiger partial charge in [0, 0.05) is 16.6 Å². The predicted molar refractivity (Wildman–Crippen MR) is 119 cm³/mol. The van der Waals surface area contributed by atoms with Gasteiger partial charge >= 0.3 is 6.09 Å². The Morgan fingerprint density at radius 2 is 1.52 bits per heavy atom. The summed E-state index contributed by atoms with van der Waals surface area (Å²) in [5.41, 5.74) is 4.51. The number of nitrogens with one attached hydrogen (secondary N) is 1. The average molecular weight is 428 g/mol. The fourth-order valence-corrected chi connectivity index (χ4v) is 3.95. The minimum Gasteiger partial charge on any atom is -0.465 e. The summed E-state index contributed by atoms with van der Waals surface area (Å²) >= 11 is 12.2. The highest BCUT2D eigenvalue weighted by atomic mass is 35.5. The quantitative estimate of drug-likeness (QED) is 0.431. The summed E-state index contributed by atoms with van der Waals surface area (Å²) < 4.78 is 0. The third-order valence-corrected chi connectivity index (χ3v) is 5.75. The first-order valence-electron chi connectivity index (χ1n) is 9.48. The Hall–Kier alpha value is -2.49. The van der Waals surface area contributed by atoms with Crippen LogP contribution in [0.25, 0.3) is 0 Å². The minimum absolute atomic E-state index is 0.165. The van der Waals surface area contributed by atoms with Crippen molar-refractivity contribution < 1.29 is 9.90 Å². The third kappa shape index (κ3) is 5.75. The molecule has 0 aliphatic carbocycles. The molecule has 0 bridgehead atoms. The molecule has 0 spiro atoms. The van der Waals surface area contributed by atoms with Crippen molar-refractivity contribution in [1.82, 2.24) is 5.32 Å². The number of amides is 1. The minimum atomic E-state index is -1.03. The molecule has 0 aliphatic heterocycles. The second kappa shape index (κ2) is 9.82. The maximum atomic E-state index is 11.0. The number of carboxylic acid groups (broad SMARTS) is 1. The van der Waals surface area contributed by atoms with Crippen LogP contribution in [0.2, 0.25) is 10.0 Å².